The van der Waals surface area contributed by atoms with Crippen LogP contribution in [0, 0.1) is 13.8 Å². The highest BCUT2D eigenvalue weighted by Gasteiger charge is 2.17. The molecule has 0 bridgehead atoms. The normalized spacial score (nSPS) is 10.8. The zero-order valence-corrected chi connectivity index (χ0v) is 16.7. The molecule has 3 rings (SSSR count). The van der Waals surface area contributed by atoms with Crippen molar-refractivity contribution < 1.29 is 14.3 Å². The van der Waals surface area contributed by atoms with Crippen LogP contribution in [-0.2, 0) is 9.59 Å². The number of amides is 1. The Hall–Kier alpha value is -3.25. The molecule has 1 aromatic heterocycles. The zero-order valence-electron chi connectivity index (χ0n) is 15.9. The van der Waals surface area contributed by atoms with Crippen LogP contribution in [0.4, 0.5) is 10.8 Å². The summed E-state index contributed by atoms with van der Waals surface area (Å²) < 4.78 is 5.32. The fourth-order valence-corrected chi connectivity index (χ4v) is 3.40. The average Bonchev–Trinajstić information content (AvgIpc) is 3.12. The number of anilines is 2. The van der Waals surface area contributed by atoms with Crippen molar-refractivity contribution in [2.45, 2.75) is 20.8 Å². The van der Waals surface area contributed by atoms with Gasteiger partial charge in [0.15, 0.2) is 5.13 Å². The van der Waals surface area contributed by atoms with Crippen LogP contribution in [0.2, 0.25) is 0 Å². The lowest BCUT2D eigenvalue weighted by atomic mass is 10.1. The van der Waals surface area contributed by atoms with Crippen molar-refractivity contribution in [3.8, 4) is 5.75 Å². The van der Waals surface area contributed by atoms with Crippen LogP contribution in [0.15, 0.2) is 60.0 Å². The zero-order chi connectivity index (χ0) is 20.1. The summed E-state index contributed by atoms with van der Waals surface area (Å²) in [6, 6.07) is 14.8. The van der Waals surface area contributed by atoms with Gasteiger partial charge in [0, 0.05) is 18.4 Å². The Bertz CT molecular complexity index is 1030. The van der Waals surface area contributed by atoms with Gasteiger partial charge in [-0.25, -0.2) is 9.78 Å². The lowest BCUT2D eigenvalue weighted by Crippen LogP contribution is -2.22. The number of thiazole rings is 1. The fourth-order valence-electron chi connectivity index (χ4n) is 2.54. The molecule has 5 nitrogen and oxygen atoms in total. The van der Waals surface area contributed by atoms with Gasteiger partial charge in [-0.3, -0.25) is 9.69 Å². The van der Waals surface area contributed by atoms with E-state index >= 15 is 0 Å². The van der Waals surface area contributed by atoms with E-state index in [1.165, 1.54) is 29.2 Å². The Balaban J connectivity index is 1.71. The standard InChI is InChI=1S/C22H20N2O3S/c1-15-9-11-20(13-16(15)2)27-21(26)12-10-18-14-28-22(23-18)24(17(3)25)19-7-5-4-6-8-19/h4-14H,1-3H3/b12-10+. The average molecular weight is 392 g/mol. The molecule has 0 N–H and O–H groups in total. The van der Waals surface area contributed by atoms with E-state index in [1.54, 1.807) is 17.5 Å². The van der Waals surface area contributed by atoms with Crippen molar-refractivity contribution in [1.82, 2.24) is 4.98 Å². The molecule has 0 aliphatic carbocycles. The van der Waals surface area contributed by atoms with Crippen LogP contribution < -0.4 is 9.64 Å². The van der Waals surface area contributed by atoms with E-state index in [0.29, 0.717) is 16.6 Å². The second-order valence-electron chi connectivity index (χ2n) is 6.25. The molecule has 0 unspecified atom stereocenters. The molecule has 0 radical (unpaired) electrons. The number of aryl methyl sites for hydroxylation is 2. The van der Waals surface area contributed by atoms with Crippen LogP contribution in [0.25, 0.3) is 6.08 Å². The first kappa shape index (κ1) is 19.5. The van der Waals surface area contributed by atoms with E-state index in [0.717, 1.165) is 16.8 Å². The molecule has 0 aliphatic heterocycles. The van der Waals surface area contributed by atoms with E-state index in [9.17, 15) is 9.59 Å². The summed E-state index contributed by atoms with van der Waals surface area (Å²) in [4.78, 5) is 30.1. The van der Waals surface area contributed by atoms with Crippen LogP contribution >= 0.6 is 11.3 Å². The van der Waals surface area contributed by atoms with Crippen LogP contribution in [0.3, 0.4) is 0 Å². The van der Waals surface area contributed by atoms with Gasteiger partial charge >= 0.3 is 5.97 Å². The number of carbonyl (C=O) groups is 2. The van der Waals surface area contributed by atoms with Gasteiger partial charge in [-0.2, -0.15) is 0 Å². The second kappa shape index (κ2) is 8.63. The molecule has 0 spiro atoms. The van der Waals surface area contributed by atoms with Gasteiger partial charge in [0.1, 0.15) is 5.75 Å². The van der Waals surface area contributed by atoms with Crippen LogP contribution in [0.5, 0.6) is 5.75 Å². The Kier molecular flexibility index (Phi) is 6.01. The minimum Gasteiger partial charge on any atom is -0.423 e. The lowest BCUT2D eigenvalue weighted by molar-refractivity contribution is -0.128. The fraction of sp³-hybridized carbons (Fsp3) is 0.136. The molecule has 0 saturated carbocycles. The molecule has 3 aromatic rings. The highest BCUT2D eigenvalue weighted by molar-refractivity contribution is 7.14. The molecule has 0 fully saturated rings. The van der Waals surface area contributed by atoms with Crippen molar-refractivity contribution in [3.63, 3.8) is 0 Å². The Morgan fingerprint density at radius 2 is 1.82 bits per heavy atom. The number of nitrogens with zero attached hydrogens (tertiary/aromatic N) is 2. The van der Waals surface area contributed by atoms with Crippen LogP contribution in [0.1, 0.15) is 23.7 Å². The maximum absolute atomic E-state index is 12.1. The first-order valence-corrected chi connectivity index (χ1v) is 9.60. The molecule has 6 heteroatoms. The van der Waals surface area contributed by atoms with Crippen molar-refractivity contribution in [1.29, 1.82) is 0 Å². The Morgan fingerprint density at radius 1 is 1.07 bits per heavy atom. The third-order valence-electron chi connectivity index (χ3n) is 4.12. The van der Waals surface area contributed by atoms with Gasteiger partial charge in [-0.1, -0.05) is 24.3 Å². The molecular weight excluding hydrogens is 372 g/mol. The van der Waals surface area contributed by atoms with E-state index in [4.69, 9.17) is 4.74 Å². The number of esters is 1. The quantitative estimate of drug-likeness (QED) is 0.346. The monoisotopic (exact) mass is 392 g/mol. The largest absolute Gasteiger partial charge is 0.423 e. The molecule has 1 heterocycles. The summed E-state index contributed by atoms with van der Waals surface area (Å²) in [5.74, 6) is -0.113. The maximum atomic E-state index is 12.1. The van der Waals surface area contributed by atoms with Crippen molar-refractivity contribution in [3.05, 3.63) is 76.8 Å². The number of rotatable bonds is 5. The minimum atomic E-state index is -0.482. The molecule has 142 valence electrons. The first-order valence-electron chi connectivity index (χ1n) is 8.72. The van der Waals surface area contributed by atoms with Gasteiger partial charge in [-0.15, -0.1) is 11.3 Å². The summed E-state index contributed by atoms with van der Waals surface area (Å²) in [5.41, 5.74) is 3.52. The summed E-state index contributed by atoms with van der Waals surface area (Å²) >= 11 is 1.33. The lowest BCUT2D eigenvalue weighted by Gasteiger charge is -2.17. The third kappa shape index (κ3) is 4.72. The molecule has 0 aliphatic rings. The number of benzene rings is 2. The topological polar surface area (TPSA) is 59.5 Å². The van der Waals surface area contributed by atoms with E-state index in [-0.39, 0.29) is 5.91 Å². The Labute approximate surface area is 167 Å². The van der Waals surface area contributed by atoms with E-state index < -0.39 is 5.97 Å². The number of para-hydroxylation sites is 1. The maximum Gasteiger partial charge on any atom is 0.336 e. The highest BCUT2D eigenvalue weighted by Crippen LogP contribution is 2.29. The third-order valence-corrected chi connectivity index (χ3v) is 4.96. The van der Waals surface area contributed by atoms with Gasteiger partial charge in [-0.05, 0) is 55.3 Å². The number of carbonyl (C=O) groups excluding carboxylic acids is 2. The van der Waals surface area contributed by atoms with Crippen molar-refractivity contribution in [2.75, 3.05) is 4.90 Å². The number of hydrogen-bond donors (Lipinski definition) is 0. The predicted octanol–water partition coefficient (Wildman–Crippen LogP) is 5.06. The van der Waals surface area contributed by atoms with E-state index in [2.05, 4.69) is 4.98 Å². The summed E-state index contributed by atoms with van der Waals surface area (Å²) in [7, 11) is 0. The van der Waals surface area contributed by atoms with Crippen LogP contribution in [-0.4, -0.2) is 16.9 Å². The van der Waals surface area contributed by atoms with E-state index in [1.807, 2.05) is 56.3 Å². The molecule has 1 amide bonds. The molecule has 0 saturated heterocycles. The Morgan fingerprint density at radius 3 is 2.50 bits per heavy atom. The molecule has 28 heavy (non-hydrogen) atoms. The first-order chi connectivity index (χ1) is 13.4. The summed E-state index contributed by atoms with van der Waals surface area (Å²) in [6.45, 7) is 5.46. The number of ether oxygens (including phenoxy) is 1. The molecular formula is C22H20N2O3S. The second-order valence-corrected chi connectivity index (χ2v) is 7.08. The highest BCUT2D eigenvalue weighted by atomic mass is 32.1. The van der Waals surface area contributed by atoms with Crippen molar-refractivity contribution in [2.24, 2.45) is 0 Å². The number of hydrogen-bond acceptors (Lipinski definition) is 5. The number of aromatic nitrogens is 1. The summed E-state index contributed by atoms with van der Waals surface area (Å²) in [5, 5.41) is 2.33. The molecule has 2 aromatic carbocycles. The van der Waals surface area contributed by atoms with Gasteiger partial charge in [0.25, 0.3) is 0 Å². The van der Waals surface area contributed by atoms with Gasteiger partial charge in [0.2, 0.25) is 5.91 Å². The smallest absolute Gasteiger partial charge is 0.336 e. The predicted molar refractivity (Wildman–Crippen MR) is 112 cm³/mol. The minimum absolute atomic E-state index is 0.134. The van der Waals surface area contributed by atoms with Gasteiger partial charge in [0.05, 0.1) is 11.4 Å². The SMILES string of the molecule is CC(=O)N(c1ccccc1)c1nc(/C=C/C(=O)Oc2ccc(C)c(C)c2)cs1. The van der Waals surface area contributed by atoms with Crippen molar-refractivity contribution >= 4 is 40.1 Å². The molecule has 0 atom stereocenters. The summed E-state index contributed by atoms with van der Waals surface area (Å²) in [6.07, 6.45) is 2.90. The van der Waals surface area contributed by atoms with Gasteiger partial charge < -0.3 is 4.74 Å².